The van der Waals surface area contributed by atoms with Gasteiger partial charge in [-0.1, -0.05) is 0 Å². The van der Waals surface area contributed by atoms with Gasteiger partial charge < -0.3 is 20.4 Å². The van der Waals surface area contributed by atoms with Gasteiger partial charge in [-0.15, -0.1) is 11.8 Å². The summed E-state index contributed by atoms with van der Waals surface area (Å²) < 4.78 is 0. The van der Waals surface area contributed by atoms with Crippen molar-refractivity contribution in [2.75, 3.05) is 48.0 Å². The van der Waals surface area contributed by atoms with E-state index in [4.69, 9.17) is 0 Å². The summed E-state index contributed by atoms with van der Waals surface area (Å²) in [5.74, 6) is 0.00212. The Bertz CT molecular complexity index is 891. The third kappa shape index (κ3) is 5.94. The van der Waals surface area contributed by atoms with E-state index in [0.29, 0.717) is 24.3 Å². The van der Waals surface area contributed by atoms with Gasteiger partial charge in [0, 0.05) is 48.1 Å². The quantitative estimate of drug-likeness (QED) is 0.556. The van der Waals surface area contributed by atoms with Crippen molar-refractivity contribution in [3.8, 4) is 0 Å². The van der Waals surface area contributed by atoms with Crippen LogP contribution < -0.4 is 15.5 Å². The summed E-state index contributed by atoms with van der Waals surface area (Å²) >= 11 is 1.65. The smallest absolute Gasteiger partial charge is 0.323 e. The van der Waals surface area contributed by atoms with Gasteiger partial charge in [-0.3, -0.25) is 4.79 Å². The van der Waals surface area contributed by atoms with E-state index in [2.05, 4.69) is 15.5 Å². The number of urea groups is 1. The Labute approximate surface area is 189 Å². The van der Waals surface area contributed by atoms with Crippen LogP contribution in [0, 0.1) is 0 Å². The van der Waals surface area contributed by atoms with Crippen LogP contribution in [0.25, 0.3) is 0 Å². The number of hydrogen-bond acceptors (Lipinski definition) is 4. The summed E-state index contributed by atoms with van der Waals surface area (Å²) in [5, 5.41) is 5.72. The second-order valence-corrected chi connectivity index (χ2v) is 8.44. The molecule has 1 aliphatic rings. The number of rotatable bonds is 7. The molecule has 166 valence electrons. The minimum absolute atomic E-state index is 0.00212. The zero-order chi connectivity index (χ0) is 22.2. The number of benzene rings is 2. The first-order chi connectivity index (χ1) is 15.0. The van der Waals surface area contributed by atoms with E-state index in [1.54, 1.807) is 17.8 Å². The van der Waals surface area contributed by atoms with Crippen molar-refractivity contribution in [2.45, 2.75) is 38.0 Å². The predicted molar refractivity (Wildman–Crippen MR) is 131 cm³/mol. The van der Waals surface area contributed by atoms with Gasteiger partial charge in [-0.25, -0.2) is 4.79 Å². The highest BCUT2D eigenvalue weighted by molar-refractivity contribution is 7.98. The first-order valence-corrected chi connectivity index (χ1v) is 12.2. The maximum atomic E-state index is 13.2. The van der Waals surface area contributed by atoms with Gasteiger partial charge in [0.25, 0.3) is 5.91 Å². The van der Waals surface area contributed by atoms with Crippen LogP contribution in [-0.2, 0) is 0 Å². The molecule has 2 aromatic carbocycles. The second kappa shape index (κ2) is 11.1. The van der Waals surface area contributed by atoms with E-state index in [1.807, 2.05) is 61.4 Å². The molecule has 0 aliphatic carbocycles. The van der Waals surface area contributed by atoms with E-state index in [1.165, 1.54) is 6.42 Å². The van der Waals surface area contributed by atoms with Gasteiger partial charge in [-0.2, -0.15) is 0 Å². The molecule has 1 aliphatic heterocycles. The number of hydrogen-bond donors (Lipinski definition) is 2. The van der Waals surface area contributed by atoms with Crippen LogP contribution in [0.5, 0.6) is 0 Å². The Morgan fingerprint density at radius 3 is 2.16 bits per heavy atom. The molecule has 0 aromatic heterocycles. The summed E-state index contributed by atoms with van der Waals surface area (Å²) in [4.78, 5) is 31.0. The number of carbonyl (C=O) groups excluding carboxylic acids is 2. The first kappa shape index (κ1) is 23.0. The Morgan fingerprint density at radius 1 is 0.935 bits per heavy atom. The normalized spacial score (nSPS) is 13.6. The van der Waals surface area contributed by atoms with Crippen LogP contribution in [0.1, 0.15) is 43.5 Å². The van der Waals surface area contributed by atoms with Crippen LogP contribution >= 0.6 is 11.8 Å². The molecule has 0 saturated carbocycles. The Morgan fingerprint density at radius 2 is 1.55 bits per heavy atom. The number of piperidine rings is 1. The molecule has 31 heavy (non-hydrogen) atoms. The van der Waals surface area contributed by atoms with Crippen molar-refractivity contribution >= 4 is 40.8 Å². The molecule has 2 N–H and O–H groups in total. The number of nitrogens with zero attached hydrogens (tertiary/aromatic N) is 2. The lowest BCUT2D eigenvalue weighted by atomic mass is 10.1. The van der Waals surface area contributed by atoms with Gasteiger partial charge in [0.15, 0.2) is 0 Å². The van der Waals surface area contributed by atoms with E-state index >= 15 is 0 Å². The lowest BCUT2D eigenvalue weighted by Gasteiger charge is -2.31. The lowest BCUT2D eigenvalue weighted by molar-refractivity contribution is 0.0773. The third-order valence-corrected chi connectivity index (χ3v) is 6.32. The largest absolute Gasteiger partial charge is 0.371 e. The van der Waals surface area contributed by atoms with Crippen molar-refractivity contribution in [3.05, 3.63) is 48.0 Å². The van der Waals surface area contributed by atoms with Crippen LogP contribution in [0.2, 0.25) is 0 Å². The van der Waals surface area contributed by atoms with Crippen molar-refractivity contribution in [1.29, 1.82) is 0 Å². The monoisotopic (exact) mass is 440 g/mol. The molecule has 3 amide bonds. The molecule has 0 unspecified atom stereocenters. The number of anilines is 3. The van der Waals surface area contributed by atoms with Gasteiger partial charge in [-0.05, 0) is 81.8 Å². The van der Waals surface area contributed by atoms with Crippen molar-refractivity contribution < 1.29 is 9.59 Å². The topological polar surface area (TPSA) is 64.7 Å². The SMILES string of the molecule is CCN(CC)C(=O)c1cc(NC(=O)Nc2ccc(SC)cc2)ccc1N1CCCCC1. The molecule has 2 aromatic rings. The molecule has 6 nitrogen and oxygen atoms in total. The summed E-state index contributed by atoms with van der Waals surface area (Å²) in [6, 6.07) is 13.0. The molecule has 3 rings (SSSR count). The van der Waals surface area contributed by atoms with Crippen LogP contribution in [0.4, 0.5) is 21.9 Å². The molecule has 0 radical (unpaired) electrons. The molecular formula is C24H32N4O2S. The molecule has 0 atom stereocenters. The van der Waals surface area contributed by atoms with Crippen molar-refractivity contribution in [3.63, 3.8) is 0 Å². The van der Waals surface area contributed by atoms with Gasteiger partial charge in [0.1, 0.15) is 0 Å². The van der Waals surface area contributed by atoms with Crippen molar-refractivity contribution in [1.82, 2.24) is 4.90 Å². The maximum Gasteiger partial charge on any atom is 0.323 e. The highest BCUT2D eigenvalue weighted by Crippen LogP contribution is 2.28. The van der Waals surface area contributed by atoms with Crippen LogP contribution in [0.3, 0.4) is 0 Å². The number of carbonyl (C=O) groups is 2. The minimum Gasteiger partial charge on any atom is -0.371 e. The average Bonchev–Trinajstić information content (AvgIpc) is 2.80. The fraction of sp³-hybridized carbons (Fsp3) is 0.417. The number of nitrogens with one attached hydrogen (secondary N) is 2. The standard InChI is InChI=1S/C24H32N4O2S/c1-4-27(5-2)23(29)21-17-19(11-14-22(21)28-15-7-6-8-16-28)26-24(30)25-18-9-12-20(31-3)13-10-18/h9-14,17H,4-8,15-16H2,1-3H3,(H2,25,26,30). The zero-order valence-corrected chi connectivity index (χ0v) is 19.4. The Hall–Kier alpha value is -2.67. The molecule has 0 spiro atoms. The third-order valence-electron chi connectivity index (χ3n) is 5.58. The molecular weight excluding hydrogens is 408 g/mol. The fourth-order valence-corrected chi connectivity index (χ4v) is 4.25. The molecule has 7 heteroatoms. The number of thioether (sulfide) groups is 1. The predicted octanol–water partition coefficient (Wildman–Crippen LogP) is 5.52. The average molecular weight is 441 g/mol. The second-order valence-electron chi connectivity index (χ2n) is 7.56. The molecule has 1 saturated heterocycles. The maximum absolute atomic E-state index is 13.2. The minimum atomic E-state index is -0.330. The van der Waals surface area contributed by atoms with Crippen LogP contribution in [-0.4, -0.2) is 49.3 Å². The van der Waals surface area contributed by atoms with Crippen molar-refractivity contribution in [2.24, 2.45) is 0 Å². The van der Waals surface area contributed by atoms with Gasteiger partial charge in [0.05, 0.1) is 5.56 Å². The lowest BCUT2D eigenvalue weighted by Crippen LogP contribution is -2.35. The summed E-state index contributed by atoms with van der Waals surface area (Å²) in [7, 11) is 0. The van der Waals surface area contributed by atoms with Gasteiger partial charge in [0.2, 0.25) is 0 Å². The van der Waals surface area contributed by atoms with E-state index < -0.39 is 0 Å². The summed E-state index contributed by atoms with van der Waals surface area (Å²) in [6.07, 6.45) is 5.51. The van der Waals surface area contributed by atoms with Gasteiger partial charge >= 0.3 is 6.03 Å². The highest BCUT2D eigenvalue weighted by atomic mass is 32.2. The fourth-order valence-electron chi connectivity index (χ4n) is 3.84. The Kier molecular flexibility index (Phi) is 8.23. The molecule has 1 heterocycles. The van der Waals surface area contributed by atoms with E-state index in [-0.39, 0.29) is 11.9 Å². The highest BCUT2D eigenvalue weighted by Gasteiger charge is 2.22. The number of amides is 3. The molecule has 1 fully saturated rings. The van der Waals surface area contributed by atoms with Crippen LogP contribution in [0.15, 0.2) is 47.4 Å². The Balaban J connectivity index is 1.80. The molecule has 0 bridgehead atoms. The summed E-state index contributed by atoms with van der Waals surface area (Å²) in [6.45, 7) is 7.19. The zero-order valence-electron chi connectivity index (χ0n) is 18.6. The van der Waals surface area contributed by atoms with E-state index in [9.17, 15) is 9.59 Å². The van der Waals surface area contributed by atoms with E-state index in [0.717, 1.165) is 42.2 Å². The first-order valence-electron chi connectivity index (χ1n) is 11.0. The summed E-state index contributed by atoms with van der Waals surface area (Å²) in [5.41, 5.74) is 2.93.